The summed E-state index contributed by atoms with van der Waals surface area (Å²) in [5.74, 6) is 0.522. The second kappa shape index (κ2) is 11.5. The summed E-state index contributed by atoms with van der Waals surface area (Å²) in [7, 11) is 0. The van der Waals surface area contributed by atoms with Gasteiger partial charge in [-0.1, -0.05) is 6.07 Å². The van der Waals surface area contributed by atoms with Crippen LogP contribution in [0.3, 0.4) is 0 Å². The number of aromatic hydroxyl groups is 1. The van der Waals surface area contributed by atoms with E-state index in [1.165, 1.54) is 25.0 Å². The first-order chi connectivity index (χ1) is 18.9. The van der Waals surface area contributed by atoms with Gasteiger partial charge in [0.1, 0.15) is 0 Å². The number of hydrogen-bond donors (Lipinski definition) is 3. The minimum atomic E-state index is -0.730. The average Bonchev–Trinajstić information content (AvgIpc) is 2.95. The molecule has 2 fully saturated rings. The van der Waals surface area contributed by atoms with Crippen LogP contribution in [0.4, 0.5) is 34.9 Å². The zero-order chi connectivity index (χ0) is 27.4. The third-order valence-corrected chi connectivity index (χ3v) is 7.08. The number of rotatable bonds is 7. The Balaban J connectivity index is 1.36. The molecule has 0 bridgehead atoms. The number of anilines is 5. The van der Waals surface area contributed by atoms with E-state index in [-0.39, 0.29) is 5.56 Å². The predicted molar refractivity (Wildman–Crippen MR) is 149 cm³/mol. The Hall–Kier alpha value is -4.48. The molecule has 12 nitrogen and oxygen atoms in total. The highest BCUT2D eigenvalue weighted by Crippen LogP contribution is 2.31. The fourth-order valence-electron chi connectivity index (χ4n) is 4.94. The van der Waals surface area contributed by atoms with Gasteiger partial charge in [0.05, 0.1) is 10.5 Å². The van der Waals surface area contributed by atoms with E-state index in [1.54, 1.807) is 12.1 Å². The molecule has 0 saturated carbocycles. The van der Waals surface area contributed by atoms with E-state index in [0.29, 0.717) is 23.5 Å². The molecule has 0 atom stereocenters. The van der Waals surface area contributed by atoms with Crippen molar-refractivity contribution in [3.05, 3.63) is 57.6 Å². The summed E-state index contributed by atoms with van der Waals surface area (Å²) >= 11 is 0. The Bertz CT molecular complexity index is 1330. The number of nitrogens with zero attached hydrogens (tertiary/aromatic N) is 6. The van der Waals surface area contributed by atoms with Crippen molar-refractivity contribution in [3.63, 3.8) is 0 Å². The summed E-state index contributed by atoms with van der Waals surface area (Å²) in [5, 5.41) is 27.3. The number of phenols is 1. The number of phenolic OH excluding ortho intramolecular Hbond substituents is 1. The largest absolute Gasteiger partial charge is 0.502 e. The van der Waals surface area contributed by atoms with Crippen LogP contribution in [0.2, 0.25) is 0 Å². The second-order valence-corrected chi connectivity index (χ2v) is 9.89. The number of nitrogens with one attached hydrogen (secondary N) is 2. The van der Waals surface area contributed by atoms with E-state index in [1.807, 2.05) is 13.0 Å². The van der Waals surface area contributed by atoms with Crippen molar-refractivity contribution in [2.75, 3.05) is 46.6 Å². The van der Waals surface area contributed by atoms with E-state index in [2.05, 4.69) is 20.4 Å². The maximum absolute atomic E-state index is 12.8. The second-order valence-electron chi connectivity index (χ2n) is 9.89. The van der Waals surface area contributed by atoms with E-state index in [0.717, 1.165) is 69.2 Å². The van der Waals surface area contributed by atoms with Gasteiger partial charge in [0.2, 0.25) is 23.6 Å². The first-order valence-corrected chi connectivity index (χ1v) is 13.3. The van der Waals surface area contributed by atoms with Gasteiger partial charge in [-0.15, -0.1) is 0 Å². The number of aryl methyl sites for hydroxylation is 1. The number of carbonyl (C=O) groups excluding carboxylic acids is 1. The molecule has 12 heteroatoms. The average molecular weight is 533 g/mol. The summed E-state index contributed by atoms with van der Waals surface area (Å²) in [5.41, 5.74) is 1.30. The third-order valence-electron chi connectivity index (χ3n) is 7.08. The number of nitro benzene ring substituents is 1. The molecular weight excluding hydrogens is 500 g/mol. The molecule has 204 valence electrons. The van der Waals surface area contributed by atoms with Crippen molar-refractivity contribution in [1.82, 2.24) is 15.0 Å². The SMILES string of the molecule is Cc1cc(Nc2nc(N3CCCCC3)nc(N3CCCCC3)n2)ccc1NC(=O)c1cccc([N+](=O)[O-])c1O. The molecule has 0 radical (unpaired) electrons. The van der Waals surface area contributed by atoms with Gasteiger partial charge in [-0.3, -0.25) is 14.9 Å². The summed E-state index contributed by atoms with van der Waals surface area (Å²) < 4.78 is 0. The molecule has 2 aliphatic heterocycles. The van der Waals surface area contributed by atoms with Gasteiger partial charge in [-0.05, 0) is 75.3 Å². The zero-order valence-electron chi connectivity index (χ0n) is 21.9. The molecule has 5 rings (SSSR count). The minimum absolute atomic E-state index is 0.175. The van der Waals surface area contributed by atoms with Crippen LogP contribution in [0.25, 0.3) is 0 Å². The van der Waals surface area contributed by atoms with Crippen molar-refractivity contribution in [3.8, 4) is 5.75 Å². The highest BCUT2D eigenvalue weighted by Gasteiger charge is 2.22. The van der Waals surface area contributed by atoms with Crippen molar-refractivity contribution in [1.29, 1.82) is 0 Å². The van der Waals surface area contributed by atoms with Crippen LogP contribution < -0.4 is 20.4 Å². The lowest BCUT2D eigenvalue weighted by Crippen LogP contribution is -2.34. The zero-order valence-corrected chi connectivity index (χ0v) is 21.9. The van der Waals surface area contributed by atoms with Crippen LogP contribution in [0.1, 0.15) is 54.4 Å². The summed E-state index contributed by atoms with van der Waals surface area (Å²) in [6, 6.07) is 9.21. The van der Waals surface area contributed by atoms with Gasteiger partial charge in [-0.25, -0.2) is 0 Å². The van der Waals surface area contributed by atoms with Crippen molar-refractivity contribution in [2.24, 2.45) is 0 Å². The molecule has 39 heavy (non-hydrogen) atoms. The van der Waals surface area contributed by atoms with Crippen LogP contribution in [0.15, 0.2) is 36.4 Å². The highest BCUT2D eigenvalue weighted by atomic mass is 16.6. The van der Waals surface area contributed by atoms with Crippen LogP contribution in [-0.4, -0.2) is 57.1 Å². The smallest absolute Gasteiger partial charge is 0.311 e. The molecule has 2 aromatic carbocycles. The summed E-state index contributed by atoms with van der Waals surface area (Å²) in [4.78, 5) is 41.9. The fourth-order valence-corrected chi connectivity index (χ4v) is 4.94. The van der Waals surface area contributed by atoms with Crippen LogP contribution in [0, 0.1) is 17.0 Å². The normalized spacial score (nSPS) is 15.6. The maximum Gasteiger partial charge on any atom is 0.311 e. The van der Waals surface area contributed by atoms with Crippen molar-refractivity contribution < 1.29 is 14.8 Å². The van der Waals surface area contributed by atoms with Crippen molar-refractivity contribution >= 4 is 40.8 Å². The molecule has 2 saturated heterocycles. The topological polar surface area (TPSA) is 150 Å². The van der Waals surface area contributed by atoms with Crippen LogP contribution in [0.5, 0.6) is 5.75 Å². The van der Waals surface area contributed by atoms with E-state index in [9.17, 15) is 20.0 Å². The number of carbonyl (C=O) groups is 1. The number of aromatic nitrogens is 3. The lowest BCUT2D eigenvalue weighted by Gasteiger charge is -2.30. The van der Waals surface area contributed by atoms with E-state index >= 15 is 0 Å². The molecular formula is C27H32N8O4. The molecule has 3 aromatic rings. The molecule has 0 spiro atoms. The Labute approximate surface area is 226 Å². The van der Waals surface area contributed by atoms with Crippen LogP contribution >= 0.6 is 0 Å². The first-order valence-electron chi connectivity index (χ1n) is 13.3. The Kier molecular flexibility index (Phi) is 7.71. The van der Waals surface area contributed by atoms with Gasteiger partial charge in [-0.2, -0.15) is 15.0 Å². The molecule has 3 N–H and O–H groups in total. The number of nitro groups is 1. The van der Waals surface area contributed by atoms with Crippen LogP contribution in [-0.2, 0) is 0 Å². The Morgan fingerprint density at radius 3 is 2.10 bits per heavy atom. The van der Waals surface area contributed by atoms with Gasteiger partial charge >= 0.3 is 5.69 Å². The number of para-hydroxylation sites is 1. The van der Waals surface area contributed by atoms with E-state index in [4.69, 9.17) is 15.0 Å². The van der Waals surface area contributed by atoms with Gasteiger partial charge < -0.3 is 25.5 Å². The lowest BCUT2D eigenvalue weighted by atomic mass is 10.1. The standard InChI is InChI=1S/C27H32N8O4/c1-18-17-19(11-12-21(18)29-24(37)20-9-8-10-22(23(20)36)35(38)39)28-25-30-26(33-13-4-2-5-14-33)32-27(31-25)34-15-6-3-7-16-34/h8-12,17,36H,2-7,13-16H2,1H3,(H,29,37)(H,28,30,31,32). The highest BCUT2D eigenvalue weighted by molar-refractivity contribution is 6.07. The molecule has 1 aromatic heterocycles. The van der Waals surface area contributed by atoms with Gasteiger partial charge in [0.25, 0.3) is 5.91 Å². The van der Waals surface area contributed by atoms with E-state index < -0.39 is 22.3 Å². The summed E-state index contributed by atoms with van der Waals surface area (Å²) in [6.45, 7) is 5.54. The molecule has 3 heterocycles. The number of amides is 1. The molecule has 0 unspecified atom stereocenters. The number of hydrogen-bond acceptors (Lipinski definition) is 10. The molecule has 1 amide bonds. The van der Waals surface area contributed by atoms with Crippen molar-refractivity contribution in [2.45, 2.75) is 45.4 Å². The van der Waals surface area contributed by atoms with Gasteiger partial charge in [0, 0.05) is 43.6 Å². The predicted octanol–water partition coefficient (Wildman–Crippen LogP) is 4.77. The monoisotopic (exact) mass is 532 g/mol. The summed E-state index contributed by atoms with van der Waals surface area (Å²) in [6.07, 6.45) is 6.91. The maximum atomic E-state index is 12.8. The fraction of sp³-hybridized carbons (Fsp3) is 0.407. The Morgan fingerprint density at radius 1 is 0.923 bits per heavy atom. The molecule has 0 aliphatic carbocycles. The number of piperidine rings is 2. The molecule has 2 aliphatic rings. The lowest BCUT2D eigenvalue weighted by molar-refractivity contribution is -0.385. The quantitative estimate of drug-likeness (QED) is 0.287. The Morgan fingerprint density at radius 2 is 1.54 bits per heavy atom. The number of benzene rings is 2. The first kappa shape index (κ1) is 26.1. The third kappa shape index (κ3) is 6.00. The van der Waals surface area contributed by atoms with Gasteiger partial charge in [0.15, 0.2) is 0 Å². The minimum Gasteiger partial charge on any atom is -0.502 e.